The molecular weight excluding hydrogens is 282 g/mol. The molecule has 5 heteroatoms. The highest BCUT2D eigenvalue weighted by Gasteiger charge is 2.33. The van der Waals surface area contributed by atoms with Crippen LogP contribution in [-0.4, -0.2) is 29.4 Å². The molecule has 1 heterocycles. The highest BCUT2D eigenvalue weighted by atomic mass is 16.7. The summed E-state index contributed by atoms with van der Waals surface area (Å²) < 4.78 is 10.5. The van der Waals surface area contributed by atoms with Crippen molar-refractivity contribution >= 4 is 5.78 Å². The van der Waals surface area contributed by atoms with Crippen LogP contribution in [0.2, 0.25) is 0 Å². The van der Waals surface area contributed by atoms with Gasteiger partial charge in [0.05, 0.1) is 0 Å². The van der Waals surface area contributed by atoms with Gasteiger partial charge in [-0.05, 0) is 38.0 Å². The molecule has 0 amide bonds. The number of benzene rings is 1. The van der Waals surface area contributed by atoms with Crippen molar-refractivity contribution in [1.29, 1.82) is 0 Å². The lowest BCUT2D eigenvalue weighted by Gasteiger charge is -2.29. The summed E-state index contributed by atoms with van der Waals surface area (Å²) in [6, 6.07) is 5.10. The van der Waals surface area contributed by atoms with Crippen LogP contribution in [0.1, 0.15) is 58.2 Å². The fourth-order valence-electron chi connectivity index (χ4n) is 2.77. The van der Waals surface area contributed by atoms with E-state index in [2.05, 4.69) is 19.2 Å². The van der Waals surface area contributed by atoms with Crippen molar-refractivity contribution in [3.63, 3.8) is 0 Å². The Morgan fingerprint density at radius 1 is 1.32 bits per heavy atom. The molecule has 0 saturated carbocycles. The Hall–Kier alpha value is -1.59. The van der Waals surface area contributed by atoms with Gasteiger partial charge in [0, 0.05) is 13.0 Å². The lowest BCUT2D eigenvalue weighted by Crippen LogP contribution is -2.53. The van der Waals surface area contributed by atoms with Crippen molar-refractivity contribution in [2.24, 2.45) is 0 Å². The molecule has 1 aromatic carbocycles. The zero-order valence-corrected chi connectivity index (χ0v) is 13.5. The second-order valence-electron chi connectivity index (χ2n) is 5.89. The summed E-state index contributed by atoms with van der Waals surface area (Å²) in [5.74, 6) is 0.808. The Bertz CT molecular complexity index is 527. The van der Waals surface area contributed by atoms with Gasteiger partial charge in [-0.15, -0.1) is 0 Å². The molecule has 0 aliphatic carbocycles. The molecule has 0 saturated heterocycles. The zero-order chi connectivity index (χ0) is 16.2. The summed E-state index contributed by atoms with van der Waals surface area (Å²) in [6.45, 7) is 5.87. The number of hydrogen-bond acceptors (Lipinski definition) is 5. The second-order valence-corrected chi connectivity index (χ2v) is 5.89. The number of carbonyl (C=O) groups excluding carboxylic acids is 1. The minimum absolute atomic E-state index is 0. The number of hydrogen-bond donors (Lipinski definition) is 2. The van der Waals surface area contributed by atoms with Crippen molar-refractivity contribution < 1.29 is 20.8 Å². The van der Waals surface area contributed by atoms with Crippen molar-refractivity contribution in [2.45, 2.75) is 58.2 Å². The molecule has 0 fully saturated rings. The Morgan fingerprint density at radius 2 is 1.95 bits per heavy atom. The Labute approximate surface area is 133 Å². The molecule has 1 aromatic rings. The summed E-state index contributed by atoms with van der Waals surface area (Å²) in [5.41, 5.74) is -1.18. The molecule has 0 aromatic heterocycles. The molecule has 1 unspecified atom stereocenters. The summed E-state index contributed by atoms with van der Waals surface area (Å²) in [4.78, 5) is 12.6. The predicted octanol–water partition coefficient (Wildman–Crippen LogP) is 3.11. The molecule has 0 spiro atoms. The highest BCUT2D eigenvalue weighted by Crippen LogP contribution is 2.33. The van der Waals surface area contributed by atoms with Crippen molar-refractivity contribution in [3.05, 3.63) is 23.8 Å². The van der Waals surface area contributed by atoms with Crippen molar-refractivity contribution in [1.82, 2.24) is 5.32 Å². The van der Waals surface area contributed by atoms with Crippen LogP contribution in [0.5, 0.6) is 11.5 Å². The maximum atomic E-state index is 12.6. The van der Waals surface area contributed by atoms with E-state index in [1.54, 1.807) is 18.2 Å². The van der Waals surface area contributed by atoms with Gasteiger partial charge in [0.15, 0.2) is 17.2 Å². The second kappa shape index (κ2) is 7.11. The molecule has 5 nitrogen and oxygen atoms in total. The largest absolute Gasteiger partial charge is 0.454 e. The van der Waals surface area contributed by atoms with Crippen LogP contribution >= 0.6 is 0 Å². The van der Waals surface area contributed by atoms with Crippen LogP contribution in [0.15, 0.2) is 18.2 Å². The average Bonchev–Trinajstić information content (AvgIpc) is 2.94. The summed E-state index contributed by atoms with van der Waals surface area (Å²) in [6.07, 6.45) is 3.87. The van der Waals surface area contributed by atoms with Gasteiger partial charge in [-0.1, -0.05) is 26.7 Å². The van der Waals surface area contributed by atoms with Crippen LogP contribution in [-0.2, 0) is 0 Å². The minimum atomic E-state index is -1.59. The van der Waals surface area contributed by atoms with Gasteiger partial charge in [-0.25, -0.2) is 0 Å². The smallest absolute Gasteiger partial charge is 0.231 e. The molecule has 0 bridgehead atoms. The summed E-state index contributed by atoms with van der Waals surface area (Å²) in [7, 11) is 0. The van der Waals surface area contributed by atoms with E-state index >= 15 is 0 Å². The predicted molar refractivity (Wildman–Crippen MR) is 86.4 cm³/mol. The molecule has 2 rings (SSSR count). The van der Waals surface area contributed by atoms with Gasteiger partial charge in [0.2, 0.25) is 12.6 Å². The Balaban J connectivity index is 0.00000264. The van der Waals surface area contributed by atoms with Crippen molar-refractivity contribution in [2.75, 3.05) is 6.79 Å². The third-order valence-electron chi connectivity index (χ3n) is 3.84. The third-order valence-corrected chi connectivity index (χ3v) is 3.84. The molecule has 0 radical (unpaired) electrons. The fourth-order valence-corrected chi connectivity index (χ4v) is 2.77. The molecule has 22 heavy (non-hydrogen) atoms. The normalized spacial score (nSPS) is 15.9. The van der Waals surface area contributed by atoms with Gasteiger partial charge >= 0.3 is 0 Å². The van der Waals surface area contributed by atoms with E-state index in [1.165, 1.54) is 6.92 Å². The zero-order valence-electron chi connectivity index (χ0n) is 13.5. The number of ketones is 1. The number of fused-ring (bicyclic) bond motifs is 1. The van der Waals surface area contributed by atoms with E-state index in [1.807, 2.05) is 0 Å². The fraction of sp³-hybridized carbons (Fsp3) is 0.588. The third kappa shape index (κ3) is 3.78. The lowest BCUT2D eigenvalue weighted by molar-refractivity contribution is 0.0149. The minimum Gasteiger partial charge on any atom is -0.454 e. The maximum Gasteiger partial charge on any atom is 0.231 e. The van der Waals surface area contributed by atoms with Gasteiger partial charge < -0.3 is 14.6 Å². The van der Waals surface area contributed by atoms with Gasteiger partial charge in [0.25, 0.3) is 0 Å². The number of rotatable bonds is 8. The first-order chi connectivity index (χ1) is 10.5. The molecule has 2 N–H and O–H groups in total. The van der Waals surface area contributed by atoms with E-state index in [9.17, 15) is 9.90 Å². The van der Waals surface area contributed by atoms with E-state index in [0.717, 1.165) is 25.7 Å². The average molecular weight is 309 g/mol. The SMILES string of the molecule is CCCC(CCC)NC(C)(O)C(=O)c1ccc2c(c1)OCO2.[HH]. The number of aliphatic hydroxyl groups is 1. The standard InChI is InChI=1S/C17H25NO4.H2/c1-4-6-13(7-5-2)18-17(3,20)16(19)12-8-9-14-15(10-12)22-11-21-14;/h8-10,13,18,20H,4-7,11H2,1-3H3;1H. The van der Waals surface area contributed by atoms with Crippen LogP contribution < -0.4 is 14.8 Å². The van der Waals surface area contributed by atoms with Crippen LogP contribution in [0.3, 0.4) is 0 Å². The van der Waals surface area contributed by atoms with Crippen molar-refractivity contribution in [3.8, 4) is 11.5 Å². The molecule has 124 valence electrons. The monoisotopic (exact) mass is 309 g/mol. The van der Waals surface area contributed by atoms with Crippen LogP contribution in [0.25, 0.3) is 0 Å². The van der Waals surface area contributed by atoms with Crippen LogP contribution in [0.4, 0.5) is 0 Å². The lowest BCUT2D eigenvalue weighted by atomic mass is 9.98. The van der Waals surface area contributed by atoms with Gasteiger partial charge in [-0.2, -0.15) is 0 Å². The summed E-state index contributed by atoms with van der Waals surface area (Å²) in [5, 5.41) is 13.7. The van der Waals surface area contributed by atoms with E-state index in [4.69, 9.17) is 9.47 Å². The quantitative estimate of drug-likeness (QED) is 0.570. The summed E-state index contributed by atoms with van der Waals surface area (Å²) >= 11 is 0. The first kappa shape index (κ1) is 16.8. The molecule has 1 aliphatic heterocycles. The first-order valence-electron chi connectivity index (χ1n) is 7.92. The van der Waals surface area contributed by atoms with Gasteiger partial charge in [0.1, 0.15) is 0 Å². The Morgan fingerprint density at radius 3 is 2.59 bits per heavy atom. The van der Waals surface area contributed by atoms with Gasteiger partial charge in [-0.3, -0.25) is 10.1 Å². The Kier molecular flexibility index (Phi) is 5.42. The van der Waals surface area contributed by atoms with E-state index < -0.39 is 5.72 Å². The highest BCUT2D eigenvalue weighted by molar-refractivity contribution is 6.02. The first-order valence-corrected chi connectivity index (χ1v) is 7.92. The molecule has 1 atom stereocenters. The van der Waals surface area contributed by atoms with E-state index in [0.29, 0.717) is 17.1 Å². The molecular formula is C17H27NO4. The number of Topliss-reactive ketones (excluding diaryl/α,β-unsaturated/α-hetero) is 1. The topological polar surface area (TPSA) is 67.8 Å². The number of nitrogens with one attached hydrogen (secondary N) is 1. The van der Waals surface area contributed by atoms with Crippen LogP contribution in [0, 0.1) is 0 Å². The van der Waals surface area contributed by atoms with E-state index in [-0.39, 0.29) is 20.0 Å². The maximum absolute atomic E-state index is 12.6. The number of carbonyl (C=O) groups is 1. The number of ether oxygens (including phenoxy) is 2. The molecule has 1 aliphatic rings.